The maximum absolute atomic E-state index is 10.8. The molecule has 2 aromatic rings. The summed E-state index contributed by atoms with van der Waals surface area (Å²) in [7, 11) is 3.95. The van der Waals surface area contributed by atoms with E-state index < -0.39 is 5.97 Å². The Morgan fingerprint density at radius 3 is 2.91 bits per heavy atom. The lowest BCUT2D eigenvalue weighted by Crippen LogP contribution is -2.19. The number of rotatable bonds is 7. The van der Waals surface area contributed by atoms with Crippen LogP contribution < -0.4 is 4.74 Å². The van der Waals surface area contributed by atoms with Gasteiger partial charge in [-0.3, -0.25) is 4.79 Å². The van der Waals surface area contributed by atoms with Crippen LogP contribution in [0.25, 0.3) is 10.6 Å². The fourth-order valence-corrected chi connectivity index (χ4v) is 2.81. The highest BCUT2D eigenvalue weighted by Crippen LogP contribution is 2.34. The Hall–Kier alpha value is -1.63. The lowest BCUT2D eigenvalue weighted by Gasteiger charge is -2.13. The van der Waals surface area contributed by atoms with E-state index in [1.54, 1.807) is 17.5 Å². The van der Waals surface area contributed by atoms with Crippen LogP contribution in [0.4, 0.5) is 0 Å². The van der Waals surface area contributed by atoms with Crippen molar-refractivity contribution < 1.29 is 14.6 Å². The van der Waals surface area contributed by atoms with E-state index in [0.29, 0.717) is 28.1 Å². The van der Waals surface area contributed by atoms with E-state index in [1.165, 1.54) is 11.3 Å². The van der Waals surface area contributed by atoms with E-state index in [2.05, 4.69) is 4.98 Å². The summed E-state index contributed by atoms with van der Waals surface area (Å²) in [5.74, 6) is -0.201. The zero-order valence-electron chi connectivity index (χ0n) is 12.4. The van der Waals surface area contributed by atoms with Gasteiger partial charge in [-0.25, -0.2) is 4.98 Å². The summed E-state index contributed by atoms with van der Waals surface area (Å²) in [6, 6.07) is 5.36. The summed E-state index contributed by atoms with van der Waals surface area (Å²) in [6.07, 6.45) is -0.0894. The second-order valence-corrected chi connectivity index (χ2v) is 6.30. The number of hydrogen-bond donors (Lipinski definition) is 1. The molecule has 0 aliphatic rings. The van der Waals surface area contributed by atoms with Gasteiger partial charge < -0.3 is 14.7 Å². The molecule has 0 unspecified atom stereocenters. The number of aromatic nitrogens is 1. The maximum Gasteiger partial charge on any atom is 0.309 e. The molecular weight excluding hydrogens is 324 g/mol. The third-order valence-electron chi connectivity index (χ3n) is 2.85. The van der Waals surface area contributed by atoms with Crippen LogP contribution >= 0.6 is 22.9 Å². The van der Waals surface area contributed by atoms with E-state index >= 15 is 0 Å². The van der Waals surface area contributed by atoms with Crippen molar-refractivity contribution in [2.45, 2.75) is 6.42 Å². The largest absolute Gasteiger partial charge is 0.492 e. The Balaban J connectivity index is 2.22. The van der Waals surface area contributed by atoms with E-state index in [1.807, 2.05) is 25.1 Å². The van der Waals surface area contributed by atoms with Gasteiger partial charge >= 0.3 is 5.97 Å². The molecule has 2 rings (SSSR count). The van der Waals surface area contributed by atoms with Gasteiger partial charge in [-0.2, -0.15) is 0 Å². The molecule has 1 N–H and O–H groups in total. The van der Waals surface area contributed by atoms with Crippen molar-refractivity contribution >= 4 is 28.9 Å². The molecule has 0 aliphatic heterocycles. The zero-order chi connectivity index (χ0) is 16.1. The van der Waals surface area contributed by atoms with Crippen LogP contribution in [0, 0.1) is 0 Å². The number of carboxylic acids is 1. The molecule has 0 bridgehead atoms. The molecular formula is C15H17ClN2O3S. The number of hydrogen-bond acceptors (Lipinski definition) is 5. The van der Waals surface area contributed by atoms with E-state index in [4.69, 9.17) is 21.4 Å². The third-order valence-corrected chi connectivity index (χ3v) is 4.01. The van der Waals surface area contributed by atoms with E-state index in [-0.39, 0.29) is 6.42 Å². The smallest absolute Gasteiger partial charge is 0.309 e. The highest BCUT2D eigenvalue weighted by atomic mass is 35.5. The van der Waals surface area contributed by atoms with Gasteiger partial charge in [0.2, 0.25) is 0 Å². The number of carboxylic acid groups (broad SMARTS) is 1. The van der Waals surface area contributed by atoms with Gasteiger partial charge in [0, 0.05) is 16.9 Å². The Morgan fingerprint density at radius 1 is 1.45 bits per heavy atom. The fourth-order valence-electron chi connectivity index (χ4n) is 1.80. The number of carbonyl (C=O) groups is 1. The minimum Gasteiger partial charge on any atom is -0.492 e. The third kappa shape index (κ3) is 4.69. The van der Waals surface area contributed by atoms with Crippen molar-refractivity contribution in [2.24, 2.45) is 0 Å². The average Bonchev–Trinajstić information content (AvgIpc) is 2.87. The van der Waals surface area contributed by atoms with Crippen LogP contribution in [0.1, 0.15) is 5.69 Å². The van der Waals surface area contributed by atoms with Gasteiger partial charge in [-0.05, 0) is 32.3 Å². The first-order valence-corrected chi connectivity index (χ1v) is 7.95. The van der Waals surface area contributed by atoms with Crippen LogP contribution in [-0.2, 0) is 11.2 Å². The van der Waals surface area contributed by atoms with E-state index in [9.17, 15) is 4.79 Å². The van der Waals surface area contributed by atoms with Crippen molar-refractivity contribution in [1.82, 2.24) is 9.88 Å². The molecule has 0 spiro atoms. The highest BCUT2D eigenvalue weighted by molar-refractivity contribution is 7.13. The van der Waals surface area contributed by atoms with Gasteiger partial charge in [0.1, 0.15) is 17.4 Å². The first-order chi connectivity index (χ1) is 10.5. The maximum atomic E-state index is 10.8. The summed E-state index contributed by atoms with van der Waals surface area (Å²) < 4.78 is 5.80. The predicted octanol–water partition coefficient (Wildman–Crippen LogP) is 3.03. The molecule has 0 fully saturated rings. The Kier molecular flexibility index (Phi) is 5.76. The quantitative estimate of drug-likeness (QED) is 0.839. The summed E-state index contributed by atoms with van der Waals surface area (Å²) in [6.45, 7) is 1.35. The zero-order valence-corrected chi connectivity index (χ0v) is 13.9. The van der Waals surface area contributed by atoms with Gasteiger partial charge in [0.25, 0.3) is 0 Å². The number of thiazole rings is 1. The molecule has 5 nitrogen and oxygen atoms in total. The van der Waals surface area contributed by atoms with Crippen LogP contribution in [0.5, 0.6) is 5.75 Å². The van der Waals surface area contributed by atoms with Crippen molar-refractivity contribution in [3.05, 3.63) is 34.3 Å². The van der Waals surface area contributed by atoms with Crippen molar-refractivity contribution in [1.29, 1.82) is 0 Å². The van der Waals surface area contributed by atoms with Crippen LogP contribution in [-0.4, -0.2) is 48.2 Å². The van der Waals surface area contributed by atoms with Crippen molar-refractivity contribution in [3.63, 3.8) is 0 Å². The first kappa shape index (κ1) is 16.7. The molecule has 0 amide bonds. The molecule has 0 radical (unpaired) electrons. The number of nitrogens with zero attached hydrogens (tertiary/aromatic N) is 2. The summed E-state index contributed by atoms with van der Waals surface area (Å²) in [5.41, 5.74) is 1.32. The molecule has 1 aromatic carbocycles. The Bertz CT molecular complexity index is 658. The second-order valence-electron chi connectivity index (χ2n) is 5.01. The fraction of sp³-hybridized carbons (Fsp3) is 0.333. The van der Waals surface area contributed by atoms with E-state index in [0.717, 1.165) is 12.1 Å². The van der Waals surface area contributed by atoms with Crippen LogP contribution in [0.15, 0.2) is 23.6 Å². The minimum atomic E-state index is -0.898. The summed E-state index contributed by atoms with van der Waals surface area (Å²) in [5, 5.41) is 11.9. The lowest BCUT2D eigenvalue weighted by atomic mass is 10.2. The topological polar surface area (TPSA) is 62.7 Å². The average molecular weight is 341 g/mol. The summed E-state index contributed by atoms with van der Waals surface area (Å²) >= 11 is 7.45. The molecule has 7 heteroatoms. The SMILES string of the molecule is CN(C)CCOc1ccc(Cl)cc1-c1nc(CC(=O)O)cs1. The molecule has 22 heavy (non-hydrogen) atoms. The predicted molar refractivity (Wildman–Crippen MR) is 87.9 cm³/mol. The Morgan fingerprint density at radius 2 is 2.23 bits per heavy atom. The lowest BCUT2D eigenvalue weighted by molar-refractivity contribution is -0.136. The summed E-state index contributed by atoms with van der Waals surface area (Å²) in [4.78, 5) is 17.1. The number of halogens is 1. The molecule has 118 valence electrons. The minimum absolute atomic E-state index is 0.0894. The first-order valence-electron chi connectivity index (χ1n) is 6.69. The second kappa shape index (κ2) is 7.58. The van der Waals surface area contributed by atoms with Crippen molar-refractivity contribution in [2.75, 3.05) is 27.2 Å². The van der Waals surface area contributed by atoms with Crippen molar-refractivity contribution in [3.8, 4) is 16.3 Å². The number of ether oxygens (including phenoxy) is 1. The standard InChI is InChI=1S/C15H17ClN2O3S/c1-18(2)5-6-21-13-4-3-10(16)7-12(13)15-17-11(9-22-15)8-14(19)20/h3-4,7,9H,5-6,8H2,1-2H3,(H,19,20). The normalized spacial score (nSPS) is 10.9. The molecule has 0 aliphatic carbocycles. The highest BCUT2D eigenvalue weighted by Gasteiger charge is 2.13. The van der Waals surface area contributed by atoms with Gasteiger partial charge in [-0.15, -0.1) is 11.3 Å². The van der Waals surface area contributed by atoms with Crippen LogP contribution in [0.3, 0.4) is 0 Å². The van der Waals surface area contributed by atoms with Gasteiger partial charge in [0.05, 0.1) is 17.7 Å². The number of benzene rings is 1. The molecule has 1 heterocycles. The molecule has 1 aromatic heterocycles. The molecule has 0 atom stereocenters. The monoisotopic (exact) mass is 340 g/mol. The van der Waals surface area contributed by atoms with Gasteiger partial charge in [0.15, 0.2) is 0 Å². The molecule has 0 saturated heterocycles. The Labute approximate surface area is 138 Å². The van der Waals surface area contributed by atoms with Crippen LogP contribution in [0.2, 0.25) is 5.02 Å². The number of likely N-dealkylation sites (N-methyl/N-ethyl adjacent to an activating group) is 1. The van der Waals surface area contributed by atoms with Gasteiger partial charge in [-0.1, -0.05) is 11.6 Å². The number of aliphatic carboxylic acids is 1. The molecule has 0 saturated carbocycles.